The van der Waals surface area contributed by atoms with E-state index in [2.05, 4.69) is 47.6 Å². The molecule has 0 amide bonds. The van der Waals surface area contributed by atoms with Crippen molar-refractivity contribution >= 4 is 5.95 Å². The molecule has 0 saturated heterocycles. The topological polar surface area (TPSA) is 42.7 Å². The van der Waals surface area contributed by atoms with Crippen molar-refractivity contribution in [2.75, 3.05) is 12.4 Å². The van der Waals surface area contributed by atoms with Crippen LogP contribution in [0.1, 0.15) is 22.5 Å². The van der Waals surface area contributed by atoms with Gasteiger partial charge in [0.1, 0.15) is 5.82 Å². The molecule has 0 fully saturated rings. The summed E-state index contributed by atoms with van der Waals surface area (Å²) >= 11 is 0. The molecule has 0 saturated carbocycles. The fourth-order valence-electron chi connectivity index (χ4n) is 1.89. The third-order valence-corrected chi connectivity index (χ3v) is 3.04. The Morgan fingerprint density at radius 2 is 2.00 bits per heavy atom. The number of nitrogens with zero attached hydrogens (tertiary/aromatic N) is 3. The van der Waals surface area contributed by atoms with Crippen molar-refractivity contribution in [2.45, 2.75) is 20.3 Å². The Bertz CT molecular complexity index is 528. The summed E-state index contributed by atoms with van der Waals surface area (Å²) in [5, 5.41) is 11.3. The number of anilines is 1. The molecule has 0 atom stereocenters. The molecule has 0 aliphatic carbocycles. The third kappa shape index (κ3) is 2.30. The van der Waals surface area contributed by atoms with Crippen molar-refractivity contribution in [2.24, 2.45) is 7.05 Å². The third-order valence-electron chi connectivity index (χ3n) is 3.04. The minimum Gasteiger partial charge on any atom is -0.357 e. The Morgan fingerprint density at radius 3 is 2.65 bits per heavy atom. The normalized spacial score (nSPS) is 10.6. The average molecular weight is 230 g/mol. The van der Waals surface area contributed by atoms with Crippen LogP contribution in [0, 0.1) is 13.8 Å². The van der Waals surface area contributed by atoms with Crippen molar-refractivity contribution in [3.63, 3.8) is 0 Å². The molecule has 2 aromatic rings. The number of nitrogens with one attached hydrogen (secondary N) is 1. The molecule has 0 radical (unpaired) electrons. The van der Waals surface area contributed by atoms with Gasteiger partial charge in [-0.25, -0.2) is 0 Å². The van der Waals surface area contributed by atoms with Crippen LogP contribution in [0.15, 0.2) is 18.2 Å². The molecule has 90 valence electrons. The first-order chi connectivity index (χ1) is 8.11. The van der Waals surface area contributed by atoms with Gasteiger partial charge in [-0.15, -0.1) is 10.2 Å². The van der Waals surface area contributed by atoms with E-state index in [0.717, 1.165) is 18.2 Å². The van der Waals surface area contributed by atoms with Gasteiger partial charge in [-0.1, -0.05) is 23.8 Å². The Kier molecular flexibility index (Phi) is 3.13. The summed E-state index contributed by atoms with van der Waals surface area (Å²) in [4.78, 5) is 0. The lowest BCUT2D eigenvalue weighted by Crippen LogP contribution is -2.04. The molecule has 4 nitrogen and oxygen atoms in total. The SMILES string of the molecule is CNc1nnc(Cc2cc(C)ccc2C)n1C. The lowest BCUT2D eigenvalue weighted by atomic mass is 10.0. The van der Waals surface area contributed by atoms with Gasteiger partial charge in [0.15, 0.2) is 0 Å². The first kappa shape index (κ1) is 11.6. The van der Waals surface area contributed by atoms with Crippen LogP contribution in [0.3, 0.4) is 0 Å². The van der Waals surface area contributed by atoms with Gasteiger partial charge in [-0.2, -0.15) is 0 Å². The van der Waals surface area contributed by atoms with Gasteiger partial charge < -0.3 is 9.88 Å². The van der Waals surface area contributed by atoms with Crippen molar-refractivity contribution in [1.29, 1.82) is 0 Å². The summed E-state index contributed by atoms with van der Waals surface area (Å²) in [5.41, 5.74) is 3.88. The van der Waals surface area contributed by atoms with Crippen molar-refractivity contribution in [3.8, 4) is 0 Å². The summed E-state index contributed by atoms with van der Waals surface area (Å²) in [7, 11) is 3.83. The largest absolute Gasteiger partial charge is 0.357 e. The molecular formula is C13H18N4. The highest BCUT2D eigenvalue weighted by molar-refractivity contribution is 5.34. The van der Waals surface area contributed by atoms with Crippen LogP contribution < -0.4 is 5.32 Å². The van der Waals surface area contributed by atoms with E-state index in [1.807, 2.05) is 18.7 Å². The number of hydrogen-bond donors (Lipinski definition) is 1. The molecular weight excluding hydrogens is 212 g/mol. The van der Waals surface area contributed by atoms with E-state index in [1.54, 1.807) is 0 Å². The van der Waals surface area contributed by atoms with E-state index in [4.69, 9.17) is 0 Å². The van der Waals surface area contributed by atoms with Gasteiger partial charge in [0, 0.05) is 20.5 Å². The molecule has 1 aromatic carbocycles. The molecule has 2 rings (SSSR count). The number of rotatable bonds is 3. The summed E-state index contributed by atoms with van der Waals surface area (Å²) < 4.78 is 1.99. The maximum atomic E-state index is 4.20. The van der Waals surface area contributed by atoms with Crippen LogP contribution in [-0.4, -0.2) is 21.8 Å². The van der Waals surface area contributed by atoms with Crippen LogP contribution in [0.4, 0.5) is 5.95 Å². The molecule has 1 aromatic heterocycles. The van der Waals surface area contributed by atoms with E-state index in [1.165, 1.54) is 16.7 Å². The lowest BCUT2D eigenvalue weighted by Gasteiger charge is -2.07. The first-order valence-corrected chi connectivity index (χ1v) is 5.74. The quantitative estimate of drug-likeness (QED) is 0.877. The molecule has 4 heteroatoms. The van der Waals surface area contributed by atoms with Crippen LogP contribution in [0.2, 0.25) is 0 Å². The Balaban J connectivity index is 2.31. The highest BCUT2D eigenvalue weighted by Gasteiger charge is 2.09. The van der Waals surface area contributed by atoms with Gasteiger partial charge >= 0.3 is 0 Å². The summed E-state index contributed by atoms with van der Waals surface area (Å²) in [5.74, 6) is 1.77. The second-order valence-electron chi connectivity index (χ2n) is 4.36. The van der Waals surface area contributed by atoms with Crippen LogP contribution in [0.25, 0.3) is 0 Å². The Hall–Kier alpha value is -1.84. The summed E-state index contributed by atoms with van der Waals surface area (Å²) in [6.07, 6.45) is 0.818. The minimum absolute atomic E-state index is 0.797. The molecule has 0 aliphatic rings. The van der Waals surface area contributed by atoms with E-state index >= 15 is 0 Å². The second-order valence-corrected chi connectivity index (χ2v) is 4.36. The standard InChI is InChI=1S/C13H18N4/c1-9-5-6-10(2)11(7-9)8-12-15-16-13(14-3)17(12)4/h5-7H,8H2,1-4H3,(H,14,16). The molecule has 1 N–H and O–H groups in total. The molecule has 0 spiro atoms. The van der Waals surface area contributed by atoms with Gasteiger partial charge in [0.25, 0.3) is 0 Å². The zero-order valence-electron chi connectivity index (χ0n) is 10.8. The molecule has 17 heavy (non-hydrogen) atoms. The lowest BCUT2D eigenvalue weighted by molar-refractivity contribution is 0.823. The number of aromatic nitrogens is 3. The number of hydrogen-bond acceptors (Lipinski definition) is 3. The van der Waals surface area contributed by atoms with Crippen molar-refractivity contribution in [3.05, 3.63) is 40.7 Å². The first-order valence-electron chi connectivity index (χ1n) is 5.74. The van der Waals surface area contributed by atoms with Gasteiger partial charge in [0.2, 0.25) is 5.95 Å². The maximum absolute atomic E-state index is 4.20. The van der Waals surface area contributed by atoms with E-state index in [9.17, 15) is 0 Å². The fraction of sp³-hybridized carbons (Fsp3) is 0.385. The summed E-state index contributed by atoms with van der Waals surface area (Å²) in [6.45, 7) is 4.24. The van der Waals surface area contributed by atoms with E-state index < -0.39 is 0 Å². The van der Waals surface area contributed by atoms with Gasteiger partial charge in [-0.3, -0.25) is 0 Å². The number of aryl methyl sites for hydroxylation is 2. The van der Waals surface area contributed by atoms with Crippen LogP contribution >= 0.6 is 0 Å². The van der Waals surface area contributed by atoms with Gasteiger partial charge in [-0.05, 0) is 25.0 Å². The van der Waals surface area contributed by atoms with Crippen molar-refractivity contribution < 1.29 is 0 Å². The maximum Gasteiger partial charge on any atom is 0.224 e. The van der Waals surface area contributed by atoms with Gasteiger partial charge in [0.05, 0.1) is 0 Å². The highest BCUT2D eigenvalue weighted by atomic mass is 15.3. The molecule has 0 unspecified atom stereocenters. The minimum atomic E-state index is 0.797. The predicted molar refractivity (Wildman–Crippen MR) is 69.3 cm³/mol. The smallest absolute Gasteiger partial charge is 0.224 e. The monoisotopic (exact) mass is 230 g/mol. The second kappa shape index (κ2) is 4.57. The molecule has 0 bridgehead atoms. The molecule has 0 aliphatic heterocycles. The van der Waals surface area contributed by atoms with Crippen LogP contribution in [-0.2, 0) is 13.5 Å². The molecule has 1 heterocycles. The highest BCUT2D eigenvalue weighted by Crippen LogP contribution is 2.15. The average Bonchev–Trinajstić information content (AvgIpc) is 2.65. The van der Waals surface area contributed by atoms with E-state index in [-0.39, 0.29) is 0 Å². The Morgan fingerprint density at radius 1 is 1.24 bits per heavy atom. The zero-order chi connectivity index (χ0) is 12.4. The van der Waals surface area contributed by atoms with E-state index in [0.29, 0.717) is 0 Å². The fourth-order valence-corrected chi connectivity index (χ4v) is 1.89. The Labute approximate surface area is 102 Å². The summed E-state index contributed by atoms with van der Waals surface area (Å²) in [6, 6.07) is 6.50. The van der Waals surface area contributed by atoms with Crippen LogP contribution in [0.5, 0.6) is 0 Å². The number of benzene rings is 1. The van der Waals surface area contributed by atoms with Crippen molar-refractivity contribution in [1.82, 2.24) is 14.8 Å². The predicted octanol–water partition coefficient (Wildman–Crippen LogP) is 2.06. The zero-order valence-corrected chi connectivity index (χ0v) is 10.8.